The van der Waals surface area contributed by atoms with Gasteiger partial charge >= 0.3 is 11.9 Å². The molecule has 1 atom stereocenters. The average molecular weight is 319 g/mol. The summed E-state index contributed by atoms with van der Waals surface area (Å²) in [6.07, 6.45) is 0. The molecule has 21 heavy (non-hydrogen) atoms. The van der Waals surface area contributed by atoms with Crippen LogP contribution in [-0.2, 0) is 19.6 Å². The zero-order chi connectivity index (χ0) is 16.4. The molecule has 0 bridgehead atoms. The molecule has 1 aromatic rings. The van der Waals surface area contributed by atoms with Gasteiger partial charge in [0.05, 0.1) is 7.11 Å². The van der Waals surface area contributed by atoms with E-state index in [9.17, 15) is 18.0 Å². The van der Waals surface area contributed by atoms with Gasteiger partial charge in [-0.05, 0) is 12.8 Å². The first kappa shape index (κ1) is 17.2. The number of esters is 1. The van der Waals surface area contributed by atoms with Crippen LogP contribution < -0.4 is 4.72 Å². The van der Waals surface area contributed by atoms with E-state index in [0.29, 0.717) is 0 Å². The van der Waals surface area contributed by atoms with Crippen LogP contribution in [0.5, 0.6) is 0 Å². The number of ether oxygens (including phenoxy) is 1. The van der Waals surface area contributed by atoms with Gasteiger partial charge < -0.3 is 14.3 Å². The largest absolute Gasteiger partial charge is 0.480 e. The maximum absolute atomic E-state index is 12.1. The molecule has 0 amide bonds. The standard InChI is InChI=1S/C12H17NO7S/c1-6(2)10(11(14)15)13-21(17,18)9-5-8(7(3)20-9)12(16)19-4/h5-6,10,13H,1-4H3,(H,14,15). The van der Waals surface area contributed by atoms with Crippen LogP contribution in [0.1, 0.15) is 30.0 Å². The minimum atomic E-state index is -4.20. The lowest BCUT2D eigenvalue weighted by Gasteiger charge is -2.16. The van der Waals surface area contributed by atoms with Crippen molar-refractivity contribution in [3.05, 3.63) is 17.4 Å². The van der Waals surface area contributed by atoms with E-state index in [2.05, 4.69) is 4.74 Å². The summed E-state index contributed by atoms with van der Waals surface area (Å²) in [5.74, 6) is -2.44. The van der Waals surface area contributed by atoms with Gasteiger partial charge in [0.15, 0.2) is 0 Å². The van der Waals surface area contributed by atoms with Crippen molar-refractivity contribution in [3.8, 4) is 0 Å². The summed E-state index contributed by atoms with van der Waals surface area (Å²) in [4.78, 5) is 22.5. The highest BCUT2D eigenvalue weighted by molar-refractivity contribution is 7.89. The molecular formula is C12H17NO7S. The molecule has 1 heterocycles. The van der Waals surface area contributed by atoms with Crippen LogP contribution in [-0.4, -0.2) is 38.6 Å². The number of furan rings is 1. The van der Waals surface area contributed by atoms with E-state index in [0.717, 1.165) is 13.2 Å². The molecule has 1 aromatic heterocycles. The molecule has 0 spiro atoms. The van der Waals surface area contributed by atoms with E-state index in [-0.39, 0.29) is 11.3 Å². The average Bonchev–Trinajstić information content (AvgIpc) is 2.77. The van der Waals surface area contributed by atoms with Crippen LogP contribution >= 0.6 is 0 Å². The number of carboxylic acid groups (broad SMARTS) is 1. The molecule has 0 radical (unpaired) electrons. The zero-order valence-corrected chi connectivity index (χ0v) is 12.9. The molecular weight excluding hydrogens is 302 g/mol. The van der Waals surface area contributed by atoms with Crippen LogP contribution in [0.2, 0.25) is 0 Å². The number of carbonyl (C=O) groups is 2. The van der Waals surface area contributed by atoms with Crippen molar-refractivity contribution in [2.75, 3.05) is 7.11 Å². The van der Waals surface area contributed by atoms with E-state index >= 15 is 0 Å². The van der Waals surface area contributed by atoms with Gasteiger partial charge in [-0.15, -0.1) is 0 Å². The van der Waals surface area contributed by atoms with E-state index in [1.165, 1.54) is 6.92 Å². The fourth-order valence-electron chi connectivity index (χ4n) is 1.60. The number of aliphatic carboxylic acids is 1. The lowest BCUT2D eigenvalue weighted by Crippen LogP contribution is -2.44. The fraction of sp³-hybridized carbons (Fsp3) is 0.500. The molecule has 8 nitrogen and oxygen atoms in total. The third-order valence-corrected chi connectivity index (χ3v) is 4.08. The van der Waals surface area contributed by atoms with Gasteiger partial charge in [0.25, 0.3) is 10.0 Å². The summed E-state index contributed by atoms with van der Waals surface area (Å²) >= 11 is 0. The van der Waals surface area contributed by atoms with E-state index in [4.69, 9.17) is 9.52 Å². The molecule has 0 aromatic carbocycles. The number of carboxylic acids is 1. The molecule has 1 unspecified atom stereocenters. The number of sulfonamides is 1. The number of nitrogens with one attached hydrogen (secondary N) is 1. The highest BCUT2D eigenvalue weighted by Crippen LogP contribution is 2.20. The summed E-state index contributed by atoms with van der Waals surface area (Å²) in [6.45, 7) is 4.53. The first-order valence-electron chi connectivity index (χ1n) is 6.04. The maximum atomic E-state index is 12.1. The predicted molar refractivity (Wildman–Crippen MR) is 71.4 cm³/mol. The second-order valence-corrected chi connectivity index (χ2v) is 6.35. The molecule has 2 N–H and O–H groups in total. The van der Waals surface area contributed by atoms with Gasteiger partial charge in [0, 0.05) is 6.07 Å². The second-order valence-electron chi connectivity index (χ2n) is 4.71. The SMILES string of the molecule is COC(=O)c1cc(S(=O)(=O)NC(C(=O)O)C(C)C)oc1C. The lowest BCUT2D eigenvalue weighted by molar-refractivity contribution is -0.140. The quantitative estimate of drug-likeness (QED) is 0.742. The van der Waals surface area contributed by atoms with Crippen molar-refractivity contribution >= 4 is 22.0 Å². The topological polar surface area (TPSA) is 123 Å². The summed E-state index contributed by atoms with van der Waals surface area (Å²) < 4.78 is 35.8. The Morgan fingerprint density at radius 2 is 1.95 bits per heavy atom. The summed E-state index contributed by atoms with van der Waals surface area (Å²) in [5.41, 5.74) is -0.0331. The molecule has 9 heteroatoms. The van der Waals surface area contributed by atoms with Crippen LogP contribution in [0.3, 0.4) is 0 Å². The number of aryl methyl sites for hydroxylation is 1. The van der Waals surface area contributed by atoms with Crippen LogP contribution in [0.4, 0.5) is 0 Å². The summed E-state index contributed by atoms with van der Waals surface area (Å²) in [6, 6.07) is -0.301. The summed E-state index contributed by atoms with van der Waals surface area (Å²) in [7, 11) is -3.05. The van der Waals surface area contributed by atoms with Crippen LogP contribution in [0.15, 0.2) is 15.6 Å². The van der Waals surface area contributed by atoms with Crippen molar-refractivity contribution < 1.29 is 32.3 Å². The number of methoxy groups -OCH3 is 1. The third-order valence-electron chi connectivity index (χ3n) is 2.78. The highest BCUT2D eigenvalue weighted by atomic mass is 32.2. The molecule has 0 saturated carbocycles. The van der Waals surface area contributed by atoms with Crippen molar-refractivity contribution in [2.45, 2.75) is 31.9 Å². The molecule has 0 fully saturated rings. The Morgan fingerprint density at radius 1 is 1.38 bits per heavy atom. The fourth-order valence-corrected chi connectivity index (χ4v) is 2.93. The van der Waals surface area contributed by atoms with Crippen molar-refractivity contribution in [3.63, 3.8) is 0 Å². The number of rotatable bonds is 6. The monoisotopic (exact) mass is 319 g/mol. The first-order valence-corrected chi connectivity index (χ1v) is 7.52. The number of hydrogen-bond acceptors (Lipinski definition) is 6. The van der Waals surface area contributed by atoms with E-state index in [1.807, 2.05) is 4.72 Å². The highest BCUT2D eigenvalue weighted by Gasteiger charge is 2.31. The minimum absolute atomic E-state index is 0.0331. The van der Waals surface area contributed by atoms with E-state index < -0.39 is 39.0 Å². The van der Waals surface area contributed by atoms with Crippen LogP contribution in [0, 0.1) is 12.8 Å². The summed E-state index contributed by atoms with van der Waals surface area (Å²) in [5, 5.41) is 8.47. The molecule has 0 aliphatic heterocycles. The number of carbonyl (C=O) groups excluding carboxylic acids is 1. The Balaban J connectivity index is 3.14. The molecule has 1 rings (SSSR count). The Morgan fingerprint density at radius 3 is 2.38 bits per heavy atom. The Hall–Kier alpha value is -1.87. The minimum Gasteiger partial charge on any atom is -0.480 e. The van der Waals surface area contributed by atoms with Gasteiger partial charge in [0.2, 0.25) is 5.09 Å². The molecule has 0 aliphatic carbocycles. The Bertz CT molecular complexity index is 645. The second kappa shape index (κ2) is 6.27. The van der Waals surface area contributed by atoms with Crippen molar-refractivity contribution in [2.24, 2.45) is 5.92 Å². The molecule has 0 saturated heterocycles. The number of hydrogen-bond donors (Lipinski definition) is 2. The van der Waals surface area contributed by atoms with Gasteiger partial charge in [-0.1, -0.05) is 13.8 Å². The normalized spacial score (nSPS) is 13.2. The van der Waals surface area contributed by atoms with Crippen molar-refractivity contribution in [1.82, 2.24) is 4.72 Å². The third kappa shape index (κ3) is 3.82. The molecule has 118 valence electrons. The first-order chi connectivity index (χ1) is 9.60. The predicted octanol–water partition coefficient (Wildman–Crippen LogP) is 0.762. The van der Waals surface area contributed by atoms with Gasteiger partial charge in [-0.2, -0.15) is 4.72 Å². The maximum Gasteiger partial charge on any atom is 0.341 e. The smallest absolute Gasteiger partial charge is 0.341 e. The van der Waals surface area contributed by atoms with Gasteiger partial charge in [0.1, 0.15) is 17.4 Å². The lowest BCUT2D eigenvalue weighted by atomic mass is 10.1. The zero-order valence-electron chi connectivity index (χ0n) is 12.0. The van der Waals surface area contributed by atoms with Crippen LogP contribution in [0.25, 0.3) is 0 Å². The Labute approximate surface area is 122 Å². The molecule has 0 aliphatic rings. The van der Waals surface area contributed by atoms with Gasteiger partial charge in [-0.3, -0.25) is 4.79 Å². The van der Waals surface area contributed by atoms with Gasteiger partial charge in [-0.25, -0.2) is 13.2 Å². The Kier molecular flexibility index (Phi) is 5.13. The van der Waals surface area contributed by atoms with Crippen molar-refractivity contribution in [1.29, 1.82) is 0 Å². The van der Waals surface area contributed by atoms with E-state index in [1.54, 1.807) is 13.8 Å².